The van der Waals surface area contributed by atoms with E-state index in [4.69, 9.17) is 4.74 Å². The van der Waals surface area contributed by atoms with Crippen LogP contribution < -0.4 is 4.74 Å². The van der Waals surface area contributed by atoms with Gasteiger partial charge in [0.1, 0.15) is 11.5 Å². The van der Waals surface area contributed by atoms with E-state index in [1.54, 1.807) is 0 Å². The van der Waals surface area contributed by atoms with Crippen LogP contribution in [-0.2, 0) is 0 Å². The lowest BCUT2D eigenvalue weighted by Gasteiger charge is -2.22. The molecule has 0 atom stereocenters. The number of ether oxygens (including phenoxy) is 1. The average Bonchev–Trinajstić information content (AvgIpc) is 3.47. The van der Waals surface area contributed by atoms with Crippen molar-refractivity contribution in [2.24, 2.45) is 0 Å². The molecule has 1 aliphatic heterocycles. The van der Waals surface area contributed by atoms with Crippen LogP contribution in [0.3, 0.4) is 0 Å². The first-order valence-electron chi connectivity index (χ1n) is 15.8. The van der Waals surface area contributed by atoms with Crippen LogP contribution in [0.1, 0.15) is 0 Å². The van der Waals surface area contributed by atoms with Crippen molar-refractivity contribution in [2.45, 2.75) is 0 Å². The number of para-hydroxylation sites is 2. The number of hydrogen-bond donors (Lipinski definition) is 0. The van der Waals surface area contributed by atoms with E-state index in [9.17, 15) is 0 Å². The third-order valence-electron chi connectivity index (χ3n) is 9.58. The Morgan fingerprint density at radius 1 is 0.370 bits per heavy atom. The molecule has 2 heterocycles. The number of nitrogens with zero attached hydrogens (tertiary/aromatic N) is 1. The molecule has 8 aromatic carbocycles. The molecule has 214 valence electrons. The molecule has 0 saturated heterocycles. The highest BCUT2D eigenvalue weighted by atomic mass is 16.5. The fourth-order valence-electron chi connectivity index (χ4n) is 7.61. The minimum Gasteiger partial charge on any atom is -0.456 e. The lowest BCUT2D eigenvalue weighted by molar-refractivity contribution is 0.487. The summed E-state index contributed by atoms with van der Waals surface area (Å²) in [7, 11) is 0. The highest BCUT2D eigenvalue weighted by Gasteiger charge is 2.22. The van der Waals surface area contributed by atoms with Gasteiger partial charge in [0.05, 0.1) is 11.0 Å². The molecule has 0 N–H and O–H groups in total. The minimum absolute atomic E-state index is 0.910. The summed E-state index contributed by atoms with van der Waals surface area (Å²) in [6.45, 7) is 0. The van der Waals surface area contributed by atoms with Gasteiger partial charge in [-0.25, -0.2) is 0 Å². The van der Waals surface area contributed by atoms with E-state index in [-0.39, 0.29) is 0 Å². The van der Waals surface area contributed by atoms with Crippen LogP contribution in [0.2, 0.25) is 0 Å². The summed E-state index contributed by atoms with van der Waals surface area (Å²) < 4.78 is 8.81. The molecule has 2 heteroatoms. The zero-order chi connectivity index (χ0) is 30.2. The molecule has 46 heavy (non-hydrogen) atoms. The molecule has 0 fully saturated rings. The Morgan fingerprint density at radius 2 is 1.07 bits per heavy atom. The molecular weight excluding hydrogens is 558 g/mol. The van der Waals surface area contributed by atoms with Gasteiger partial charge in [0.25, 0.3) is 0 Å². The summed E-state index contributed by atoms with van der Waals surface area (Å²) in [4.78, 5) is 0. The van der Waals surface area contributed by atoms with Crippen molar-refractivity contribution < 1.29 is 4.74 Å². The van der Waals surface area contributed by atoms with Gasteiger partial charge < -0.3 is 9.30 Å². The first-order chi connectivity index (χ1) is 22.8. The van der Waals surface area contributed by atoms with Crippen molar-refractivity contribution in [3.63, 3.8) is 0 Å². The van der Waals surface area contributed by atoms with Crippen LogP contribution in [0.25, 0.3) is 82.4 Å². The van der Waals surface area contributed by atoms with E-state index in [0.717, 1.165) is 22.7 Å². The second-order valence-electron chi connectivity index (χ2n) is 12.1. The predicted octanol–water partition coefficient (Wildman–Crippen LogP) is 12.2. The Morgan fingerprint density at radius 3 is 2.00 bits per heavy atom. The number of hydrogen-bond acceptors (Lipinski definition) is 1. The summed E-state index contributed by atoms with van der Waals surface area (Å²) in [5, 5.41) is 7.45. The van der Waals surface area contributed by atoms with Crippen LogP contribution in [0.15, 0.2) is 164 Å². The van der Waals surface area contributed by atoms with Crippen molar-refractivity contribution >= 4 is 43.4 Å². The van der Waals surface area contributed by atoms with Crippen molar-refractivity contribution in [3.05, 3.63) is 164 Å². The number of aromatic nitrogens is 1. The summed E-state index contributed by atoms with van der Waals surface area (Å²) >= 11 is 0. The fourth-order valence-corrected chi connectivity index (χ4v) is 7.61. The van der Waals surface area contributed by atoms with E-state index in [0.29, 0.717) is 0 Å². The van der Waals surface area contributed by atoms with Crippen LogP contribution in [-0.4, -0.2) is 4.57 Å². The molecule has 0 unspecified atom stereocenters. The molecule has 1 aliphatic rings. The maximum Gasteiger partial charge on any atom is 0.135 e. The van der Waals surface area contributed by atoms with Crippen molar-refractivity contribution in [3.8, 4) is 50.6 Å². The number of fused-ring (bicyclic) bond motifs is 7. The van der Waals surface area contributed by atoms with Crippen molar-refractivity contribution in [1.29, 1.82) is 0 Å². The number of rotatable bonds is 3. The number of benzene rings is 8. The Labute approximate surface area is 266 Å². The van der Waals surface area contributed by atoms with Crippen molar-refractivity contribution in [2.75, 3.05) is 0 Å². The second kappa shape index (κ2) is 9.69. The zero-order valence-corrected chi connectivity index (χ0v) is 24.9. The third kappa shape index (κ3) is 3.59. The van der Waals surface area contributed by atoms with Gasteiger partial charge in [0, 0.05) is 27.4 Å². The average molecular weight is 586 g/mol. The van der Waals surface area contributed by atoms with Crippen molar-refractivity contribution in [1.82, 2.24) is 4.57 Å². The minimum atomic E-state index is 0.910. The Hall–Kier alpha value is -6.12. The molecule has 9 aromatic rings. The predicted molar refractivity (Wildman–Crippen MR) is 192 cm³/mol. The molecule has 0 radical (unpaired) electrons. The lowest BCUT2D eigenvalue weighted by Crippen LogP contribution is -1.97. The molecule has 0 saturated carbocycles. The van der Waals surface area contributed by atoms with E-state index in [1.807, 2.05) is 12.1 Å². The lowest BCUT2D eigenvalue weighted by atomic mass is 9.89. The van der Waals surface area contributed by atoms with E-state index in [2.05, 4.69) is 156 Å². The topological polar surface area (TPSA) is 14.2 Å². The van der Waals surface area contributed by atoms with E-state index >= 15 is 0 Å². The fraction of sp³-hybridized carbons (Fsp3) is 0. The molecule has 0 bridgehead atoms. The quantitative estimate of drug-likeness (QED) is 0.201. The molecule has 1 aromatic heterocycles. The molecule has 2 nitrogen and oxygen atoms in total. The zero-order valence-electron chi connectivity index (χ0n) is 24.9. The smallest absolute Gasteiger partial charge is 0.135 e. The molecule has 10 rings (SSSR count). The molecule has 0 aliphatic carbocycles. The largest absolute Gasteiger partial charge is 0.456 e. The summed E-state index contributed by atoms with van der Waals surface area (Å²) in [6, 6.07) is 59.0. The van der Waals surface area contributed by atoms with Gasteiger partial charge in [0.15, 0.2) is 0 Å². The van der Waals surface area contributed by atoms with Crippen LogP contribution in [0.4, 0.5) is 0 Å². The van der Waals surface area contributed by atoms with Gasteiger partial charge in [-0.05, 0) is 86.4 Å². The second-order valence-corrected chi connectivity index (χ2v) is 12.1. The van der Waals surface area contributed by atoms with Crippen LogP contribution in [0, 0.1) is 0 Å². The van der Waals surface area contributed by atoms with Crippen LogP contribution >= 0.6 is 0 Å². The van der Waals surface area contributed by atoms with Gasteiger partial charge in [0.2, 0.25) is 0 Å². The van der Waals surface area contributed by atoms with Gasteiger partial charge >= 0.3 is 0 Å². The summed E-state index contributed by atoms with van der Waals surface area (Å²) in [6.07, 6.45) is 0. The maximum atomic E-state index is 6.39. The summed E-state index contributed by atoms with van der Waals surface area (Å²) in [5.41, 5.74) is 10.8. The van der Waals surface area contributed by atoms with Gasteiger partial charge in [-0.2, -0.15) is 0 Å². The highest BCUT2D eigenvalue weighted by Crippen LogP contribution is 2.49. The maximum absolute atomic E-state index is 6.39. The first kappa shape index (κ1) is 25.2. The van der Waals surface area contributed by atoms with E-state index < -0.39 is 0 Å². The Balaban J connectivity index is 1.23. The van der Waals surface area contributed by atoms with Gasteiger partial charge in [-0.1, -0.05) is 121 Å². The standard InChI is InChI=1S/C44H27NO/c1-2-14-31(15-3-1)45-38-21-10-18-34(44(38)43-33-16-5-4-11-28(33)23-25-39(43)45)30-13-8-12-29(27-30)32-24-26-41-42-36(32)19-9-20-37(42)35-17-6-7-22-40(35)46-41/h1-27H. The third-order valence-corrected chi connectivity index (χ3v) is 9.58. The summed E-state index contributed by atoms with van der Waals surface area (Å²) in [5.74, 6) is 1.82. The normalized spacial score (nSPS) is 12.1. The molecular formula is C44H27NO. The van der Waals surface area contributed by atoms with E-state index in [1.165, 1.54) is 71.2 Å². The highest BCUT2D eigenvalue weighted by molar-refractivity contribution is 6.25. The first-order valence-corrected chi connectivity index (χ1v) is 15.8. The Bertz CT molecular complexity index is 2660. The molecule has 0 spiro atoms. The van der Waals surface area contributed by atoms with Gasteiger partial charge in [-0.3, -0.25) is 0 Å². The monoisotopic (exact) mass is 585 g/mol. The SMILES string of the molecule is c1ccc(-n2c3cccc(-c4cccc(-c5ccc6c7c(cccc57)-c5ccccc5O6)c4)c3c3c4ccccc4ccc32)cc1. The Kier molecular flexibility index (Phi) is 5.31. The van der Waals surface area contributed by atoms with Crippen LogP contribution in [0.5, 0.6) is 11.5 Å². The molecule has 0 amide bonds. The van der Waals surface area contributed by atoms with Gasteiger partial charge in [-0.15, -0.1) is 0 Å².